The molecule has 0 bridgehead atoms. The van der Waals surface area contributed by atoms with Crippen molar-refractivity contribution in [3.8, 4) is 16.9 Å². The summed E-state index contributed by atoms with van der Waals surface area (Å²) in [6.45, 7) is 4.60. The van der Waals surface area contributed by atoms with Crippen molar-refractivity contribution in [3.63, 3.8) is 0 Å². The maximum absolute atomic E-state index is 14.8. The number of halogens is 1. The minimum atomic E-state index is -0.292. The molecule has 1 saturated heterocycles. The van der Waals surface area contributed by atoms with Gasteiger partial charge in [0.15, 0.2) is 0 Å². The first-order valence-corrected chi connectivity index (χ1v) is 9.48. The molecule has 5 rings (SSSR count). The molecule has 29 heavy (non-hydrogen) atoms. The summed E-state index contributed by atoms with van der Waals surface area (Å²) < 4.78 is 16.7. The fourth-order valence-electron chi connectivity index (χ4n) is 4.16. The van der Waals surface area contributed by atoms with E-state index in [2.05, 4.69) is 6.58 Å². The van der Waals surface area contributed by atoms with Gasteiger partial charge >= 0.3 is 0 Å². The molecular weight excluding hydrogens is 367 g/mol. The number of amides is 1. The molecule has 0 unspecified atom stereocenters. The van der Waals surface area contributed by atoms with E-state index in [1.165, 1.54) is 12.3 Å². The second-order valence-corrected chi connectivity index (χ2v) is 7.43. The number of benzene rings is 3. The van der Waals surface area contributed by atoms with Crippen LogP contribution in [0.25, 0.3) is 32.8 Å². The summed E-state index contributed by atoms with van der Waals surface area (Å²) in [4.78, 5) is 13.4. The Morgan fingerprint density at radius 2 is 1.90 bits per heavy atom. The predicted molar refractivity (Wildman–Crippen MR) is 112 cm³/mol. The molecule has 1 aliphatic heterocycles. The lowest BCUT2D eigenvalue weighted by molar-refractivity contribution is -0.131. The van der Waals surface area contributed by atoms with Crippen LogP contribution in [0.3, 0.4) is 0 Å². The van der Waals surface area contributed by atoms with Gasteiger partial charge in [-0.25, -0.2) is 4.39 Å². The number of aromatic hydroxyl groups is 1. The van der Waals surface area contributed by atoms with Crippen molar-refractivity contribution in [2.75, 3.05) is 13.1 Å². The number of aromatic nitrogens is 1. The minimum absolute atomic E-state index is 0.0540. The van der Waals surface area contributed by atoms with Gasteiger partial charge in [0.2, 0.25) is 5.91 Å². The average molecular weight is 386 g/mol. The molecule has 0 radical (unpaired) electrons. The van der Waals surface area contributed by atoms with E-state index in [0.29, 0.717) is 18.5 Å². The molecule has 2 heterocycles. The second kappa shape index (κ2) is 6.48. The summed E-state index contributed by atoms with van der Waals surface area (Å²) in [6, 6.07) is 17.0. The third kappa shape index (κ3) is 2.78. The zero-order chi connectivity index (χ0) is 20.1. The SMILES string of the molecule is C=CC(=O)N1CC(n2cc(F)c3cc(-c4cc(O)cc5ccccc45)ccc32)C1. The average Bonchev–Trinajstić information content (AvgIpc) is 3.01. The molecule has 1 aliphatic rings. The third-order valence-corrected chi connectivity index (χ3v) is 5.68. The number of carbonyl (C=O) groups excluding carboxylic acids is 1. The Balaban J connectivity index is 1.57. The van der Waals surface area contributed by atoms with Crippen LogP contribution in [0.2, 0.25) is 0 Å². The second-order valence-electron chi connectivity index (χ2n) is 7.43. The Hall–Kier alpha value is -3.60. The number of hydrogen-bond donors (Lipinski definition) is 1. The lowest BCUT2D eigenvalue weighted by Crippen LogP contribution is -2.49. The fourth-order valence-corrected chi connectivity index (χ4v) is 4.16. The van der Waals surface area contributed by atoms with Gasteiger partial charge in [-0.1, -0.05) is 36.9 Å². The molecule has 0 spiro atoms. The fraction of sp³-hybridized carbons (Fsp3) is 0.125. The normalized spacial score (nSPS) is 14.3. The molecule has 3 aromatic carbocycles. The van der Waals surface area contributed by atoms with E-state index in [0.717, 1.165) is 27.4 Å². The van der Waals surface area contributed by atoms with Gasteiger partial charge in [0.05, 0.1) is 11.6 Å². The lowest BCUT2D eigenvalue weighted by atomic mass is 9.97. The third-order valence-electron chi connectivity index (χ3n) is 5.68. The van der Waals surface area contributed by atoms with Crippen LogP contribution >= 0.6 is 0 Å². The molecule has 4 nitrogen and oxygen atoms in total. The van der Waals surface area contributed by atoms with Gasteiger partial charge in [-0.05, 0) is 52.2 Å². The van der Waals surface area contributed by atoms with Gasteiger partial charge < -0.3 is 14.6 Å². The summed E-state index contributed by atoms with van der Waals surface area (Å²) >= 11 is 0. The Kier molecular flexibility index (Phi) is 3.91. The molecule has 1 fully saturated rings. The molecule has 4 aromatic rings. The van der Waals surface area contributed by atoms with Crippen molar-refractivity contribution < 1.29 is 14.3 Å². The van der Waals surface area contributed by atoms with E-state index >= 15 is 0 Å². The predicted octanol–water partition coefficient (Wildman–Crippen LogP) is 4.88. The molecule has 5 heteroatoms. The van der Waals surface area contributed by atoms with Gasteiger partial charge in [0.1, 0.15) is 11.6 Å². The number of likely N-dealkylation sites (tertiary alicyclic amines) is 1. The van der Waals surface area contributed by atoms with Crippen molar-refractivity contribution in [2.45, 2.75) is 6.04 Å². The molecule has 1 N–H and O–H groups in total. The highest BCUT2D eigenvalue weighted by Crippen LogP contribution is 2.36. The highest BCUT2D eigenvalue weighted by atomic mass is 19.1. The van der Waals surface area contributed by atoms with Crippen LogP contribution in [-0.2, 0) is 4.79 Å². The summed E-state index contributed by atoms with van der Waals surface area (Å²) in [5.41, 5.74) is 2.51. The largest absolute Gasteiger partial charge is 0.508 e. The highest BCUT2D eigenvalue weighted by Gasteiger charge is 2.31. The topological polar surface area (TPSA) is 45.5 Å². The molecule has 0 aliphatic carbocycles. The van der Waals surface area contributed by atoms with Crippen LogP contribution in [0.15, 0.2) is 73.4 Å². The van der Waals surface area contributed by atoms with Crippen LogP contribution in [0.1, 0.15) is 6.04 Å². The van der Waals surface area contributed by atoms with Crippen molar-refractivity contribution >= 4 is 27.6 Å². The first kappa shape index (κ1) is 17.5. The van der Waals surface area contributed by atoms with E-state index in [1.807, 2.05) is 47.0 Å². The van der Waals surface area contributed by atoms with Crippen LogP contribution in [0.4, 0.5) is 4.39 Å². The Morgan fingerprint density at radius 3 is 2.69 bits per heavy atom. The van der Waals surface area contributed by atoms with Crippen LogP contribution < -0.4 is 0 Å². The van der Waals surface area contributed by atoms with E-state index in [-0.39, 0.29) is 23.5 Å². The summed E-state index contributed by atoms with van der Waals surface area (Å²) in [5, 5.41) is 12.6. The molecule has 1 aromatic heterocycles. The zero-order valence-electron chi connectivity index (χ0n) is 15.7. The van der Waals surface area contributed by atoms with Gasteiger partial charge in [-0.15, -0.1) is 0 Å². The zero-order valence-corrected chi connectivity index (χ0v) is 15.7. The number of fused-ring (bicyclic) bond motifs is 2. The van der Waals surface area contributed by atoms with E-state index in [9.17, 15) is 14.3 Å². The van der Waals surface area contributed by atoms with Gasteiger partial charge in [0.25, 0.3) is 0 Å². The van der Waals surface area contributed by atoms with Crippen LogP contribution in [-0.4, -0.2) is 33.6 Å². The van der Waals surface area contributed by atoms with E-state index < -0.39 is 0 Å². The lowest BCUT2D eigenvalue weighted by Gasteiger charge is -2.39. The number of phenols is 1. The number of carbonyl (C=O) groups is 1. The van der Waals surface area contributed by atoms with Gasteiger partial charge in [-0.2, -0.15) is 0 Å². The Morgan fingerprint density at radius 1 is 1.10 bits per heavy atom. The standard InChI is InChI=1S/C24H19FN2O2/c1-2-24(29)26-12-17(13-26)27-14-22(25)21-10-16(7-8-23(21)27)20-11-18(28)9-15-5-3-4-6-19(15)20/h2-11,14,17,28H,1,12-13H2. The molecule has 0 saturated carbocycles. The van der Waals surface area contributed by atoms with E-state index in [4.69, 9.17) is 0 Å². The first-order chi connectivity index (χ1) is 14.0. The number of hydrogen-bond acceptors (Lipinski definition) is 2. The highest BCUT2D eigenvalue weighted by molar-refractivity contribution is 6.00. The van der Waals surface area contributed by atoms with Crippen molar-refractivity contribution in [3.05, 3.63) is 79.3 Å². The summed E-state index contributed by atoms with van der Waals surface area (Å²) in [6.07, 6.45) is 2.81. The Bertz CT molecular complexity index is 1290. The maximum Gasteiger partial charge on any atom is 0.246 e. The van der Waals surface area contributed by atoms with Crippen molar-refractivity contribution in [1.82, 2.24) is 9.47 Å². The molecular formula is C24H19FN2O2. The number of nitrogens with zero attached hydrogens (tertiary/aromatic N) is 2. The quantitative estimate of drug-likeness (QED) is 0.510. The molecule has 1 amide bonds. The number of rotatable bonds is 3. The van der Waals surface area contributed by atoms with Gasteiger partial charge in [-0.3, -0.25) is 4.79 Å². The van der Waals surface area contributed by atoms with E-state index in [1.54, 1.807) is 17.0 Å². The monoisotopic (exact) mass is 386 g/mol. The smallest absolute Gasteiger partial charge is 0.246 e. The van der Waals surface area contributed by atoms with Crippen molar-refractivity contribution in [2.24, 2.45) is 0 Å². The van der Waals surface area contributed by atoms with Crippen LogP contribution in [0.5, 0.6) is 5.75 Å². The van der Waals surface area contributed by atoms with Gasteiger partial charge in [0, 0.05) is 24.7 Å². The maximum atomic E-state index is 14.8. The number of phenolic OH excluding ortho intramolecular Hbond substituents is 1. The van der Waals surface area contributed by atoms with Crippen LogP contribution in [0, 0.1) is 5.82 Å². The molecule has 144 valence electrons. The molecule has 0 atom stereocenters. The first-order valence-electron chi connectivity index (χ1n) is 9.48. The van der Waals surface area contributed by atoms with Crippen molar-refractivity contribution in [1.29, 1.82) is 0 Å². The Labute approximate surface area is 167 Å². The summed E-state index contributed by atoms with van der Waals surface area (Å²) in [5.74, 6) is -0.214. The minimum Gasteiger partial charge on any atom is -0.508 e. The summed E-state index contributed by atoms with van der Waals surface area (Å²) in [7, 11) is 0.